The average Bonchev–Trinajstić information content (AvgIpc) is 2.39. The molecule has 2 rings (SSSR count). The van der Waals surface area contributed by atoms with Crippen LogP contribution in [0.15, 0.2) is 30.3 Å². The molecule has 0 saturated carbocycles. The monoisotopic (exact) mass is 253 g/mol. The molecule has 1 N–H and O–H groups in total. The normalized spacial score (nSPS) is 21.3. The summed E-state index contributed by atoms with van der Waals surface area (Å²) in [6, 6.07) is 9.81. The number of nitrogens with one attached hydrogen (secondary N) is 1. The molecule has 0 spiro atoms. The Morgan fingerprint density at radius 3 is 2.65 bits per heavy atom. The Labute approximate surface area is 103 Å². The summed E-state index contributed by atoms with van der Waals surface area (Å²) >= 11 is 0. The first kappa shape index (κ1) is 12.6. The summed E-state index contributed by atoms with van der Waals surface area (Å²) in [5.41, 5.74) is 1.10. The van der Waals surface area contributed by atoms with Crippen LogP contribution < -0.4 is 5.32 Å². The maximum absolute atomic E-state index is 12.1. The Balaban J connectivity index is 1.93. The lowest BCUT2D eigenvalue weighted by atomic mass is 10.2. The highest BCUT2D eigenvalue weighted by Gasteiger charge is 2.26. The van der Waals surface area contributed by atoms with Gasteiger partial charge in [0.05, 0.1) is 11.0 Å². The molecule has 1 atom stereocenters. The van der Waals surface area contributed by atoms with E-state index in [1.807, 2.05) is 30.3 Å². The number of sulfone groups is 1. The zero-order valence-electron chi connectivity index (χ0n) is 9.93. The van der Waals surface area contributed by atoms with Crippen molar-refractivity contribution in [2.75, 3.05) is 18.8 Å². The second-order valence-corrected chi connectivity index (χ2v) is 6.97. The molecular formula is C13H19NO2S. The zero-order valence-corrected chi connectivity index (χ0v) is 10.7. The molecule has 0 amide bonds. The van der Waals surface area contributed by atoms with Crippen molar-refractivity contribution in [2.24, 2.45) is 0 Å². The molecule has 1 saturated heterocycles. The van der Waals surface area contributed by atoms with Gasteiger partial charge in [-0.1, -0.05) is 30.3 Å². The van der Waals surface area contributed by atoms with Crippen LogP contribution in [0.5, 0.6) is 0 Å². The first-order valence-electron chi connectivity index (χ1n) is 6.15. The van der Waals surface area contributed by atoms with Crippen molar-refractivity contribution in [3.63, 3.8) is 0 Å². The first-order chi connectivity index (χ1) is 8.18. The van der Waals surface area contributed by atoms with Crippen LogP contribution in [0.1, 0.15) is 18.4 Å². The van der Waals surface area contributed by atoms with E-state index >= 15 is 0 Å². The number of hydrogen-bond acceptors (Lipinski definition) is 3. The van der Waals surface area contributed by atoms with Crippen LogP contribution in [0, 0.1) is 0 Å². The molecule has 0 bridgehead atoms. The number of rotatable bonds is 4. The zero-order chi connectivity index (χ0) is 12.1. The molecule has 4 heteroatoms. The maximum Gasteiger partial charge on any atom is 0.154 e. The highest BCUT2D eigenvalue weighted by atomic mass is 32.2. The van der Waals surface area contributed by atoms with Crippen LogP contribution in [-0.2, 0) is 16.3 Å². The van der Waals surface area contributed by atoms with Crippen molar-refractivity contribution >= 4 is 9.84 Å². The van der Waals surface area contributed by atoms with Crippen LogP contribution in [0.25, 0.3) is 0 Å². The number of aryl methyl sites for hydroxylation is 1. The van der Waals surface area contributed by atoms with Gasteiger partial charge in [-0.2, -0.15) is 0 Å². The minimum Gasteiger partial charge on any atom is -0.315 e. The van der Waals surface area contributed by atoms with Gasteiger partial charge in [0.25, 0.3) is 0 Å². The van der Waals surface area contributed by atoms with Crippen LogP contribution in [-0.4, -0.2) is 32.5 Å². The quantitative estimate of drug-likeness (QED) is 0.882. The topological polar surface area (TPSA) is 46.2 Å². The Kier molecular flexibility index (Phi) is 4.18. The molecule has 1 aromatic carbocycles. The summed E-state index contributed by atoms with van der Waals surface area (Å²) in [7, 11) is -2.94. The third-order valence-electron chi connectivity index (χ3n) is 3.28. The Morgan fingerprint density at radius 2 is 2.00 bits per heavy atom. The molecule has 3 nitrogen and oxygen atoms in total. The Morgan fingerprint density at radius 1 is 1.24 bits per heavy atom. The van der Waals surface area contributed by atoms with Gasteiger partial charge in [0.2, 0.25) is 0 Å². The van der Waals surface area contributed by atoms with Crippen LogP contribution in [0.2, 0.25) is 0 Å². The van der Waals surface area contributed by atoms with E-state index < -0.39 is 9.84 Å². The lowest BCUT2D eigenvalue weighted by molar-refractivity contribution is 0.496. The molecule has 1 aromatic rings. The third-order valence-corrected chi connectivity index (χ3v) is 5.47. The summed E-state index contributed by atoms with van der Waals surface area (Å²) in [5.74, 6) is 0.267. The number of benzene rings is 1. The van der Waals surface area contributed by atoms with Crippen molar-refractivity contribution in [2.45, 2.75) is 24.5 Å². The lowest BCUT2D eigenvalue weighted by Crippen LogP contribution is -2.40. The van der Waals surface area contributed by atoms with Crippen molar-refractivity contribution in [1.82, 2.24) is 5.32 Å². The highest BCUT2D eigenvalue weighted by molar-refractivity contribution is 7.92. The molecule has 0 aliphatic carbocycles. The van der Waals surface area contributed by atoms with Gasteiger partial charge in [-0.15, -0.1) is 0 Å². The fourth-order valence-electron chi connectivity index (χ4n) is 2.20. The van der Waals surface area contributed by atoms with E-state index in [4.69, 9.17) is 0 Å². The maximum atomic E-state index is 12.1. The van der Waals surface area contributed by atoms with E-state index in [0.717, 1.165) is 24.9 Å². The lowest BCUT2D eigenvalue weighted by Gasteiger charge is -2.22. The fraction of sp³-hybridized carbons (Fsp3) is 0.538. The fourth-order valence-corrected chi connectivity index (χ4v) is 3.95. The predicted octanol–water partition coefficient (Wildman–Crippen LogP) is 1.40. The number of piperidine rings is 1. The van der Waals surface area contributed by atoms with E-state index in [1.54, 1.807) is 0 Å². The second kappa shape index (κ2) is 5.65. The molecule has 17 heavy (non-hydrogen) atoms. The molecule has 1 unspecified atom stereocenters. The minimum absolute atomic E-state index is 0.181. The summed E-state index contributed by atoms with van der Waals surface area (Å²) in [5, 5.41) is 2.98. The standard InChI is InChI=1S/C13H19NO2S/c15-17(16,13-7-4-9-14-11-13)10-8-12-5-2-1-3-6-12/h1-3,5-6,13-14H,4,7-11H2. The smallest absolute Gasteiger partial charge is 0.154 e. The molecule has 94 valence electrons. The minimum atomic E-state index is -2.94. The molecule has 0 aromatic heterocycles. The van der Waals surface area contributed by atoms with E-state index in [-0.39, 0.29) is 11.0 Å². The van der Waals surface area contributed by atoms with E-state index in [9.17, 15) is 8.42 Å². The predicted molar refractivity (Wildman–Crippen MR) is 69.8 cm³/mol. The Hall–Kier alpha value is -0.870. The summed E-state index contributed by atoms with van der Waals surface area (Å²) in [4.78, 5) is 0. The average molecular weight is 253 g/mol. The van der Waals surface area contributed by atoms with Crippen LogP contribution >= 0.6 is 0 Å². The van der Waals surface area contributed by atoms with Crippen molar-refractivity contribution in [1.29, 1.82) is 0 Å². The van der Waals surface area contributed by atoms with E-state index in [0.29, 0.717) is 13.0 Å². The third kappa shape index (κ3) is 3.54. The van der Waals surface area contributed by atoms with Crippen molar-refractivity contribution < 1.29 is 8.42 Å². The van der Waals surface area contributed by atoms with Crippen molar-refractivity contribution in [3.05, 3.63) is 35.9 Å². The molecular weight excluding hydrogens is 234 g/mol. The Bertz CT molecular complexity index is 436. The van der Waals surface area contributed by atoms with Gasteiger partial charge in [-0.25, -0.2) is 8.42 Å². The largest absolute Gasteiger partial charge is 0.315 e. The van der Waals surface area contributed by atoms with Gasteiger partial charge in [-0.3, -0.25) is 0 Å². The van der Waals surface area contributed by atoms with Gasteiger partial charge in [0.15, 0.2) is 9.84 Å². The highest BCUT2D eigenvalue weighted by Crippen LogP contribution is 2.14. The van der Waals surface area contributed by atoms with E-state index in [2.05, 4.69) is 5.32 Å². The molecule has 1 aliphatic heterocycles. The summed E-state index contributed by atoms with van der Waals surface area (Å²) in [6.07, 6.45) is 2.40. The van der Waals surface area contributed by atoms with Crippen LogP contribution in [0.4, 0.5) is 0 Å². The van der Waals surface area contributed by atoms with Gasteiger partial charge in [-0.05, 0) is 31.4 Å². The molecule has 1 heterocycles. The van der Waals surface area contributed by atoms with Gasteiger partial charge >= 0.3 is 0 Å². The van der Waals surface area contributed by atoms with E-state index in [1.165, 1.54) is 0 Å². The molecule has 0 radical (unpaired) electrons. The van der Waals surface area contributed by atoms with Crippen molar-refractivity contribution in [3.8, 4) is 0 Å². The molecule has 1 fully saturated rings. The second-order valence-electron chi connectivity index (χ2n) is 4.57. The summed E-state index contributed by atoms with van der Waals surface area (Å²) < 4.78 is 24.2. The number of hydrogen-bond donors (Lipinski definition) is 1. The SMILES string of the molecule is O=S(=O)(CCc1ccccc1)C1CCCNC1. The first-order valence-corrected chi connectivity index (χ1v) is 7.86. The summed E-state index contributed by atoms with van der Waals surface area (Å²) in [6.45, 7) is 1.57. The van der Waals surface area contributed by atoms with Crippen LogP contribution in [0.3, 0.4) is 0 Å². The molecule has 1 aliphatic rings. The van der Waals surface area contributed by atoms with Gasteiger partial charge in [0.1, 0.15) is 0 Å². The van der Waals surface area contributed by atoms with Gasteiger partial charge in [0, 0.05) is 6.54 Å². The van der Waals surface area contributed by atoms with Gasteiger partial charge < -0.3 is 5.32 Å².